The molecule has 0 radical (unpaired) electrons. The highest BCUT2D eigenvalue weighted by molar-refractivity contribution is 7.92. The van der Waals surface area contributed by atoms with Crippen LogP contribution in [-0.2, 0) is 38.6 Å². The highest BCUT2D eigenvalue weighted by Crippen LogP contribution is 2.50. The molecule has 2 saturated carbocycles. The van der Waals surface area contributed by atoms with Gasteiger partial charge in [-0.25, -0.2) is 14.5 Å². The number of nitrogens with zero attached hydrogens (tertiary/aromatic N) is 1. The molecule has 0 spiro atoms. The zero-order valence-electron chi connectivity index (χ0n) is 24.0. The number of ether oxygens (including phenoxy) is 1. The third-order valence-corrected chi connectivity index (χ3v) is 11.1. The molecule has 2 aromatic carbocycles. The van der Waals surface area contributed by atoms with Crippen molar-refractivity contribution in [3.63, 3.8) is 0 Å². The topological polar surface area (TPSA) is 85.4 Å². The Morgan fingerprint density at radius 2 is 1.77 bits per heavy atom. The van der Waals surface area contributed by atoms with Crippen LogP contribution in [0.1, 0.15) is 95.0 Å². The number of rotatable bonds is 8. The van der Waals surface area contributed by atoms with Gasteiger partial charge in [-0.2, -0.15) is 8.42 Å². The predicted octanol–water partition coefficient (Wildman–Crippen LogP) is 7.90. The molecule has 5 rings (SSSR count). The van der Waals surface area contributed by atoms with Crippen molar-refractivity contribution in [1.29, 1.82) is 0 Å². The van der Waals surface area contributed by atoms with Crippen LogP contribution in [0, 0.1) is 5.92 Å². The maximum Gasteiger partial charge on any atom is 0.421 e. The first-order valence-electron chi connectivity index (χ1n) is 14.3. The van der Waals surface area contributed by atoms with Crippen molar-refractivity contribution in [2.45, 2.75) is 101 Å². The smallest absolute Gasteiger partial charge is 0.421 e. The molecule has 6 nitrogen and oxygen atoms in total. The lowest BCUT2D eigenvalue weighted by Crippen LogP contribution is -2.31. The first-order valence-corrected chi connectivity index (χ1v) is 16.6. The Kier molecular flexibility index (Phi) is 8.13. The van der Waals surface area contributed by atoms with E-state index in [9.17, 15) is 13.2 Å². The van der Waals surface area contributed by atoms with E-state index in [0.717, 1.165) is 65.1 Å². The standard InChI is InChI=1S/C32H40N2O4S2/c1-31(2,3)25-18-24(19-26(20-25)32(4)15-16-32)28-27(17-22-11-7-5-8-12-22)33-30(39-28)40(36,37)34-29(35)38-21-23-13-9-6-10-14-23/h6,9-10,13-14,18-20,22H,5,7-8,11-12,15-17,21H2,1-4H3,(H,34,35). The van der Waals surface area contributed by atoms with Crippen molar-refractivity contribution < 1.29 is 17.9 Å². The van der Waals surface area contributed by atoms with Crippen molar-refractivity contribution in [2.75, 3.05) is 0 Å². The second-order valence-electron chi connectivity index (χ2n) is 12.7. The van der Waals surface area contributed by atoms with Crippen LogP contribution < -0.4 is 4.72 Å². The van der Waals surface area contributed by atoms with Crippen LogP contribution >= 0.6 is 11.3 Å². The van der Waals surface area contributed by atoms with E-state index < -0.39 is 16.1 Å². The average Bonchev–Trinajstić information content (AvgIpc) is 3.53. The summed E-state index contributed by atoms with van der Waals surface area (Å²) >= 11 is 1.15. The second-order valence-corrected chi connectivity index (χ2v) is 15.6. The molecule has 0 saturated heterocycles. The summed E-state index contributed by atoms with van der Waals surface area (Å²) in [7, 11) is -4.20. The highest BCUT2D eigenvalue weighted by Gasteiger charge is 2.40. The molecule has 1 heterocycles. The maximum absolute atomic E-state index is 13.3. The van der Waals surface area contributed by atoms with Gasteiger partial charge < -0.3 is 4.74 Å². The lowest BCUT2D eigenvalue weighted by molar-refractivity contribution is 0.146. The Hall–Kier alpha value is -2.71. The normalized spacial score (nSPS) is 17.4. The molecule has 214 valence electrons. The summed E-state index contributed by atoms with van der Waals surface area (Å²) in [6, 6.07) is 15.9. The minimum atomic E-state index is -4.20. The fourth-order valence-corrected chi connectivity index (χ4v) is 7.62. The van der Waals surface area contributed by atoms with Gasteiger partial charge in [0.15, 0.2) is 0 Å². The van der Waals surface area contributed by atoms with Gasteiger partial charge >= 0.3 is 6.09 Å². The number of hydrogen-bond donors (Lipinski definition) is 1. The Morgan fingerprint density at radius 3 is 2.42 bits per heavy atom. The Labute approximate surface area is 242 Å². The predicted molar refractivity (Wildman–Crippen MR) is 160 cm³/mol. The summed E-state index contributed by atoms with van der Waals surface area (Å²) in [5.41, 5.74) is 5.27. The highest BCUT2D eigenvalue weighted by atomic mass is 32.2. The summed E-state index contributed by atoms with van der Waals surface area (Å²) in [5, 5.41) is 0. The molecule has 1 amide bonds. The summed E-state index contributed by atoms with van der Waals surface area (Å²) in [4.78, 5) is 18.0. The molecule has 2 fully saturated rings. The minimum Gasteiger partial charge on any atom is -0.444 e. The molecule has 0 bridgehead atoms. The molecule has 2 aliphatic carbocycles. The zero-order valence-corrected chi connectivity index (χ0v) is 25.6. The van der Waals surface area contributed by atoms with Crippen molar-refractivity contribution in [2.24, 2.45) is 5.92 Å². The lowest BCUT2D eigenvalue weighted by atomic mass is 9.82. The van der Waals surface area contributed by atoms with Gasteiger partial charge in [-0.1, -0.05) is 96.2 Å². The van der Waals surface area contributed by atoms with Crippen LogP contribution in [0.2, 0.25) is 0 Å². The molecule has 0 atom stereocenters. The van der Waals surface area contributed by atoms with Crippen LogP contribution in [0.5, 0.6) is 0 Å². The summed E-state index contributed by atoms with van der Waals surface area (Å²) < 4.78 is 33.9. The van der Waals surface area contributed by atoms with Gasteiger partial charge in [0.25, 0.3) is 10.0 Å². The summed E-state index contributed by atoms with van der Waals surface area (Å²) in [6.45, 7) is 8.92. The Bertz CT molecular complexity index is 1440. The van der Waals surface area contributed by atoms with Crippen LogP contribution in [-0.4, -0.2) is 19.5 Å². The van der Waals surface area contributed by atoms with Gasteiger partial charge in [0.1, 0.15) is 6.61 Å². The molecule has 3 aromatic rings. The largest absolute Gasteiger partial charge is 0.444 e. The van der Waals surface area contributed by atoms with E-state index in [1.165, 1.54) is 30.4 Å². The number of benzene rings is 2. The van der Waals surface area contributed by atoms with Gasteiger partial charge in [-0.05, 0) is 70.4 Å². The molecule has 8 heteroatoms. The summed E-state index contributed by atoms with van der Waals surface area (Å²) in [6.07, 6.45) is 7.98. The molecule has 0 aliphatic heterocycles. The Morgan fingerprint density at radius 1 is 1.07 bits per heavy atom. The van der Waals surface area contributed by atoms with E-state index in [4.69, 9.17) is 4.74 Å². The van der Waals surface area contributed by atoms with Crippen molar-refractivity contribution >= 4 is 27.5 Å². The molecular formula is C32H40N2O4S2. The number of hydrogen-bond acceptors (Lipinski definition) is 6. The van der Waals surface area contributed by atoms with Gasteiger partial charge in [-0.3, -0.25) is 0 Å². The van der Waals surface area contributed by atoms with Gasteiger partial charge in [0.05, 0.1) is 10.6 Å². The number of carbonyl (C=O) groups excluding carboxylic acids is 1. The van der Waals surface area contributed by atoms with E-state index in [1.807, 2.05) is 30.3 Å². The second kappa shape index (κ2) is 11.3. The molecule has 40 heavy (non-hydrogen) atoms. The van der Waals surface area contributed by atoms with Crippen LogP contribution in [0.25, 0.3) is 10.4 Å². The third-order valence-electron chi connectivity index (χ3n) is 8.30. The van der Waals surface area contributed by atoms with Crippen molar-refractivity contribution in [3.05, 3.63) is 70.9 Å². The first-order chi connectivity index (χ1) is 18.9. The van der Waals surface area contributed by atoms with Crippen LogP contribution in [0.3, 0.4) is 0 Å². The minimum absolute atomic E-state index is 0.0145. The van der Waals surface area contributed by atoms with Crippen molar-refractivity contribution in [3.8, 4) is 10.4 Å². The maximum atomic E-state index is 13.3. The van der Waals surface area contributed by atoms with Crippen molar-refractivity contribution in [1.82, 2.24) is 9.71 Å². The van der Waals surface area contributed by atoms with E-state index in [0.29, 0.717) is 5.92 Å². The molecule has 2 aliphatic rings. The molecule has 1 N–H and O–H groups in total. The SMILES string of the molecule is CC(C)(C)c1cc(-c2sc(S(=O)(=O)NC(=O)OCc3ccccc3)nc2CC2CCCCC2)cc(C2(C)CC2)c1. The lowest BCUT2D eigenvalue weighted by Gasteiger charge is -2.24. The monoisotopic (exact) mass is 580 g/mol. The number of sulfonamides is 1. The van der Waals surface area contributed by atoms with Gasteiger partial charge in [0.2, 0.25) is 4.34 Å². The average molecular weight is 581 g/mol. The van der Waals surface area contributed by atoms with E-state index in [-0.39, 0.29) is 21.8 Å². The summed E-state index contributed by atoms with van der Waals surface area (Å²) in [5.74, 6) is 0.486. The third kappa shape index (κ3) is 6.77. The Balaban J connectivity index is 1.48. The molecular weight excluding hydrogens is 540 g/mol. The fraction of sp³-hybridized carbons (Fsp3) is 0.500. The molecule has 1 aromatic heterocycles. The number of aromatic nitrogens is 1. The number of carbonyl (C=O) groups is 1. The fourth-order valence-electron chi connectivity index (χ4n) is 5.40. The quantitative estimate of drug-likeness (QED) is 0.293. The van der Waals surface area contributed by atoms with Crippen LogP contribution in [0.15, 0.2) is 52.9 Å². The number of amides is 1. The van der Waals surface area contributed by atoms with E-state index >= 15 is 0 Å². The molecule has 0 unspecified atom stereocenters. The zero-order chi connectivity index (χ0) is 28.5. The number of nitrogens with one attached hydrogen (secondary N) is 1. The van der Waals surface area contributed by atoms with Gasteiger partial charge in [0, 0.05) is 0 Å². The first kappa shape index (κ1) is 28.8. The van der Waals surface area contributed by atoms with E-state index in [1.54, 1.807) is 0 Å². The number of thiazole rings is 1. The van der Waals surface area contributed by atoms with Gasteiger partial charge in [-0.15, -0.1) is 11.3 Å². The van der Waals surface area contributed by atoms with Crippen LogP contribution in [0.4, 0.5) is 4.79 Å². The van der Waals surface area contributed by atoms with E-state index in [2.05, 4.69) is 55.6 Å².